The van der Waals surface area contributed by atoms with Crippen LogP contribution in [0.5, 0.6) is 0 Å². The standard InChI is InChI=1S/C15H16BrN3O/c1-10-4-3-5-12(18-10)9-19(2)15(20)11-6-7-14(17)13(16)8-11/h3-8H,9,17H2,1-2H3. The quantitative estimate of drug-likeness (QED) is 0.878. The summed E-state index contributed by atoms with van der Waals surface area (Å²) in [5.41, 5.74) is 8.75. The Morgan fingerprint density at radius 3 is 2.75 bits per heavy atom. The van der Waals surface area contributed by atoms with Crippen molar-refractivity contribution in [3.8, 4) is 0 Å². The topological polar surface area (TPSA) is 59.2 Å². The van der Waals surface area contributed by atoms with E-state index >= 15 is 0 Å². The first kappa shape index (κ1) is 14.5. The van der Waals surface area contributed by atoms with Gasteiger partial charge in [0.25, 0.3) is 5.91 Å². The smallest absolute Gasteiger partial charge is 0.253 e. The van der Waals surface area contributed by atoms with E-state index in [1.54, 1.807) is 30.1 Å². The van der Waals surface area contributed by atoms with Gasteiger partial charge in [-0.1, -0.05) is 6.07 Å². The van der Waals surface area contributed by atoms with Crippen molar-refractivity contribution in [3.63, 3.8) is 0 Å². The van der Waals surface area contributed by atoms with E-state index in [-0.39, 0.29) is 5.91 Å². The number of carbonyl (C=O) groups excluding carboxylic acids is 1. The molecular weight excluding hydrogens is 318 g/mol. The van der Waals surface area contributed by atoms with E-state index < -0.39 is 0 Å². The Kier molecular flexibility index (Phi) is 4.39. The minimum atomic E-state index is -0.0611. The van der Waals surface area contributed by atoms with Crippen LogP contribution in [-0.2, 0) is 6.54 Å². The number of amides is 1. The summed E-state index contributed by atoms with van der Waals surface area (Å²) in [5, 5.41) is 0. The van der Waals surface area contributed by atoms with Crippen LogP contribution in [0.3, 0.4) is 0 Å². The van der Waals surface area contributed by atoms with Crippen molar-refractivity contribution in [3.05, 3.63) is 57.8 Å². The largest absolute Gasteiger partial charge is 0.398 e. The van der Waals surface area contributed by atoms with Crippen molar-refractivity contribution in [2.24, 2.45) is 0 Å². The Morgan fingerprint density at radius 2 is 2.10 bits per heavy atom. The molecule has 2 aromatic rings. The molecule has 0 atom stereocenters. The molecule has 1 amide bonds. The van der Waals surface area contributed by atoms with Crippen LogP contribution in [0, 0.1) is 6.92 Å². The fourth-order valence-electron chi connectivity index (χ4n) is 1.88. The normalized spacial score (nSPS) is 10.3. The molecule has 0 saturated carbocycles. The molecule has 1 aromatic heterocycles. The average Bonchev–Trinajstić information content (AvgIpc) is 2.41. The van der Waals surface area contributed by atoms with Gasteiger partial charge in [-0.15, -0.1) is 0 Å². The lowest BCUT2D eigenvalue weighted by Gasteiger charge is -2.17. The lowest BCUT2D eigenvalue weighted by Crippen LogP contribution is -2.26. The Hall–Kier alpha value is -1.88. The number of nitrogens with two attached hydrogens (primary N) is 1. The number of aromatic nitrogens is 1. The number of hydrogen-bond acceptors (Lipinski definition) is 3. The summed E-state index contributed by atoms with van der Waals surface area (Å²) in [4.78, 5) is 18.4. The molecule has 0 spiro atoms. The van der Waals surface area contributed by atoms with Crippen molar-refractivity contribution in [1.29, 1.82) is 0 Å². The van der Waals surface area contributed by atoms with Crippen LogP contribution in [0.4, 0.5) is 5.69 Å². The molecule has 0 unspecified atom stereocenters. The van der Waals surface area contributed by atoms with E-state index in [2.05, 4.69) is 20.9 Å². The number of carbonyl (C=O) groups is 1. The van der Waals surface area contributed by atoms with Gasteiger partial charge < -0.3 is 10.6 Å². The Morgan fingerprint density at radius 1 is 1.35 bits per heavy atom. The van der Waals surface area contributed by atoms with Crippen LogP contribution < -0.4 is 5.73 Å². The number of hydrogen-bond donors (Lipinski definition) is 1. The molecule has 0 radical (unpaired) electrons. The van der Waals surface area contributed by atoms with Gasteiger partial charge in [-0.05, 0) is 53.2 Å². The van der Waals surface area contributed by atoms with Gasteiger partial charge in [-0.3, -0.25) is 9.78 Å². The van der Waals surface area contributed by atoms with Gasteiger partial charge in [-0.25, -0.2) is 0 Å². The third-order valence-electron chi connectivity index (χ3n) is 2.94. The molecule has 0 aliphatic heterocycles. The maximum atomic E-state index is 12.3. The molecule has 0 saturated heterocycles. The zero-order chi connectivity index (χ0) is 14.7. The zero-order valence-electron chi connectivity index (χ0n) is 11.4. The highest BCUT2D eigenvalue weighted by molar-refractivity contribution is 9.10. The van der Waals surface area contributed by atoms with E-state index in [0.717, 1.165) is 15.9 Å². The first-order valence-electron chi connectivity index (χ1n) is 6.20. The summed E-state index contributed by atoms with van der Waals surface area (Å²) >= 11 is 3.33. The maximum Gasteiger partial charge on any atom is 0.253 e. The molecule has 2 N–H and O–H groups in total. The molecule has 0 aliphatic rings. The summed E-state index contributed by atoms with van der Waals surface area (Å²) in [6.45, 7) is 2.41. The third-order valence-corrected chi connectivity index (χ3v) is 3.63. The third kappa shape index (κ3) is 3.36. The highest BCUT2D eigenvalue weighted by Crippen LogP contribution is 2.21. The molecule has 1 aromatic carbocycles. The SMILES string of the molecule is Cc1cccc(CN(C)C(=O)c2ccc(N)c(Br)c2)n1. The number of anilines is 1. The fraction of sp³-hybridized carbons (Fsp3) is 0.200. The first-order valence-corrected chi connectivity index (χ1v) is 6.99. The minimum absolute atomic E-state index is 0.0611. The van der Waals surface area contributed by atoms with E-state index in [9.17, 15) is 4.79 Å². The van der Waals surface area contributed by atoms with Gasteiger partial charge in [0.15, 0.2) is 0 Å². The molecule has 2 rings (SSSR count). The summed E-state index contributed by atoms with van der Waals surface area (Å²) < 4.78 is 0.727. The molecule has 5 heteroatoms. The summed E-state index contributed by atoms with van der Waals surface area (Å²) in [6.07, 6.45) is 0. The van der Waals surface area contributed by atoms with Crippen molar-refractivity contribution in [2.75, 3.05) is 12.8 Å². The highest BCUT2D eigenvalue weighted by Gasteiger charge is 2.13. The molecular formula is C15H16BrN3O. The number of rotatable bonds is 3. The second kappa shape index (κ2) is 6.05. The monoisotopic (exact) mass is 333 g/mol. The van der Waals surface area contributed by atoms with Crippen molar-refractivity contribution in [1.82, 2.24) is 9.88 Å². The van der Waals surface area contributed by atoms with Gasteiger partial charge in [0.05, 0.1) is 12.2 Å². The number of pyridine rings is 1. The van der Waals surface area contributed by atoms with Gasteiger partial charge in [0, 0.05) is 28.5 Å². The van der Waals surface area contributed by atoms with Gasteiger partial charge in [0.1, 0.15) is 0 Å². The number of nitrogens with zero attached hydrogens (tertiary/aromatic N) is 2. The minimum Gasteiger partial charge on any atom is -0.398 e. The highest BCUT2D eigenvalue weighted by atomic mass is 79.9. The predicted octanol–water partition coefficient (Wildman–Crippen LogP) is 3.01. The van der Waals surface area contributed by atoms with Crippen LogP contribution in [0.1, 0.15) is 21.7 Å². The van der Waals surface area contributed by atoms with Crippen LogP contribution in [-0.4, -0.2) is 22.8 Å². The van der Waals surface area contributed by atoms with E-state index in [0.29, 0.717) is 17.8 Å². The first-order chi connectivity index (χ1) is 9.47. The van der Waals surface area contributed by atoms with Crippen LogP contribution in [0.2, 0.25) is 0 Å². The van der Waals surface area contributed by atoms with Crippen molar-refractivity contribution < 1.29 is 4.79 Å². The molecule has 0 fully saturated rings. The number of benzene rings is 1. The summed E-state index contributed by atoms with van der Waals surface area (Å²) in [6, 6.07) is 11.0. The van der Waals surface area contributed by atoms with Gasteiger partial charge in [0.2, 0.25) is 0 Å². The summed E-state index contributed by atoms with van der Waals surface area (Å²) in [7, 11) is 1.76. The Bertz CT molecular complexity index is 643. The van der Waals surface area contributed by atoms with E-state index in [1.165, 1.54) is 0 Å². The predicted molar refractivity (Wildman–Crippen MR) is 83.3 cm³/mol. The van der Waals surface area contributed by atoms with Crippen molar-refractivity contribution in [2.45, 2.75) is 13.5 Å². The van der Waals surface area contributed by atoms with Crippen LogP contribution in [0.25, 0.3) is 0 Å². The number of nitrogen functional groups attached to an aromatic ring is 1. The van der Waals surface area contributed by atoms with Crippen LogP contribution >= 0.6 is 15.9 Å². The van der Waals surface area contributed by atoms with Gasteiger partial charge in [-0.2, -0.15) is 0 Å². The fourth-order valence-corrected chi connectivity index (χ4v) is 2.26. The maximum absolute atomic E-state index is 12.3. The molecule has 1 heterocycles. The average molecular weight is 334 g/mol. The summed E-state index contributed by atoms with van der Waals surface area (Å²) in [5.74, 6) is -0.0611. The van der Waals surface area contributed by atoms with Crippen molar-refractivity contribution >= 4 is 27.5 Å². The molecule has 20 heavy (non-hydrogen) atoms. The lowest BCUT2D eigenvalue weighted by atomic mass is 10.2. The zero-order valence-corrected chi connectivity index (χ0v) is 13.0. The lowest BCUT2D eigenvalue weighted by molar-refractivity contribution is 0.0783. The Labute approximate surface area is 126 Å². The Balaban J connectivity index is 2.14. The number of aryl methyl sites for hydroxylation is 1. The molecule has 104 valence electrons. The second-order valence-electron chi connectivity index (χ2n) is 4.67. The second-order valence-corrected chi connectivity index (χ2v) is 5.52. The number of halogens is 1. The van der Waals surface area contributed by atoms with Gasteiger partial charge >= 0.3 is 0 Å². The molecule has 0 aliphatic carbocycles. The van der Waals surface area contributed by atoms with E-state index in [4.69, 9.17) is 5.73 Å². The van der Waals surface area contributed by atoms with E-state index in [1.807, 2.05) is 25.1 Å². The van der Waals surface area contributed by atoms with Crippen LogP contribution in [0.15, 0.2) is 40.9 Å². The molecule has 0 bridgehead atoms. The molecule has 4 nitrogen and oxygen atoms in total.